The van der Waals surface area contributed by atoms with Gasteiger partial charge in [-0.2, -0.15) is 0 Å². The molecule has 0 saturated carbocycles. The average molecular weight is 653 g/mol. The monoisotopic (exact) mass is 651 g/mol. The fraction of sp³-hybridized carbons (Fsp3) is 0.355. The quantitative estimate of drug-likeness (QED) is 0.213. The third-order valence-corrected chi connectivity index (χ3v) is 8.71. The minimum atomic E-state index is -3.64. The fourth-order valence-corrected chi connectivity index (χ4v) is 5.91. The second kappa shape index (κ2) is 15.6. The van der Waals surface area contributed by atoms with Gasteiger partial charge in [0.25, 0.3) is 0 Å². The van der Waals surface area contributed by atoms with E-state index >= 15 is 0 Å². The fourth-order valence-electron chi connectivity index (χ4n) is 4.45. The van der Waals surface area contributed by atoms with Crippen molar-refractivity contribution in [3.8, 4) is 0 Å². The van der Waals surface area contributed by atoms with E-state index in [1.54, 1.807) is 47.4 Å². The van der Waals surface area contributed by atoms with Crippen molar-refractivity contribution >= 4 is 62.3 Å². The lowest BCUT2D eigenvalue weighted by Crippen LogP contribution is -2.51. The molecule has 2 amide bonds. The van der Waals surface area contributed by atoms with Crippen LogP contribution in [-0.4, -0.2) is 50.5 Å². The topological polar surface area (TPSA) is 86.8 Å². The molecule has 42 heavy (non-hydrogen) atoms. The van der Waals surface area contributed by atoms with Crippen LogP contribution in [-0.2, 0) is 32.6 Å². The number of nitrogens with one attached hydrogen (secondary N) is 1. The smallest absolute Gasteiger partial charge is 0.243 e. The number of anilines is 1. The van der Waals surface area contributed by atoms with Crippen LogP contribution in [0.25, 0.3) is 0 Å². The number of nitrogens with zero attached hydrogens (tertiary/aromatic N) is 2. The van der Waals surface area contributed by atoms with Gasteiger partial charge in [0.2, 0.25) is 21.8 Å². The largest absolute Gasteiger partial charge is 0.354 e. The van der Waals surface area contributed by atoms with E-state index in [-0.39, 0.29) is 43.7 Å². The van der Waals surface area contributed by atoms with E-state index in [4.69, 9.17) is 34.8 Å². The molecule has 0 fully saturated rings. The maximum atomic E-state index is 13.9. The molecule has 0 saturated heterocycles. The molecule has 3 aromatic carbocycles. The first-order valence-corrected chi connectivity index (χ1v) is 16.6. The van der Waals surface area contributed by atoms with E-state index < -0.39 is 16.1 Å². The zero-order valence-electron chi connectivity index (χ0n) is 23.9. The van der Waals surface area contributed by atoms with Crippen molar-refractivity contribution in [2.75, 3.05) is 23.7 Å². The Hall–Kier alpha value is -2.78. The molecule has 0 aliphatic rings. The van der Waals surface area contributed by atoms with Gasteiger partial charge in [-0.15, -0.1) is 0 Å². The van der Waals surface area contributed by atoms with Crippen molar-refractivity contribution in [3.05, 3.63) is 99.0 Å². The summed E-state index contributed by atoms with van der Waals surface area (Å²) in [6, 6.07) is 20.3. The minimum absolute atomic E-state index is 0.0106. The van der Waals surface area contributed by atoms with Crippen molar-refractivity contribution in [1.29, 1.82) is 0 Å². The predicted octanol–water partition coefficient (Wildman–Crippen LogP) is 6.61. The van der Waals surface area contributed by atoms with Gasteiger partial charge in [-0.25, -0.2) is 8.42 Å². The summed E-state index contributed by atoms with van der Waals surface area (Å²) < 4.78 is 26.4. The number of hydrogen-bond acceptors (Lipinski definition) is 4. The average Bonchev–Trinajstić information content (AvgIpc) is 2.93. The number of halogens is 3. The Morgan fingerprint density at radius 3 is 2.21 bits per heavy atom. The van der Waals surface area contributed by atoms with Crippen molar-refractivity contribution < 1.29 is 18.0 Å². The first-order valence-electron chi connectivity index (χ1n) is 13.6. The summed E-state index contributed by atoms with van der Waals surface area (Å²) >= 11 is 18.5. The molecular weight excluding hydrogens is 617 g/mol. The number of carbonyl (C=O) groups is 2. The number of rotatable bonds is 14. The third kappa shape index (κ3) is 10.2. The molecule has 1 atom stereocenters. The Bertz CT molecular complexity index is 1470. The molecule has 0 heterocycles. The highest BCUT2D eigenvalue weighted by Crippen LogP contribution is 2.26. The maximum absolute atomic E-state index is 13.9. The van der Waals surface area contributed by atoms with Gasteiger partial charge in [0, 0.05) is 37.5 Å². The Morgan fingerprint density at radius 2 is 1.60 bits per heavy atom. The first kappa shape index (κ1) is 33.7. The first-order chi connectivity index (χ1) is 19.8. The zero-order valence-corrected chi connectivity index (χ0v) is 27.0. The number of sulfonamides is 1. The summed E-state index contributed by atoms with van der Waals surface area (Å²) in [5.41, 5.74) is 2.03. The van der Waals surface area contributed by atoms with Crippen LogP contribution in [0.1, 0.15) is 37.8 Å². The number of carbonyl (C=O) groups excluding carboxylic acids is 2. The molecule has 7 nitrogen and oxygen atoms in total. The van der Waals surface area contributed by atoms with E-state index in [2.05, 4.69) is 5.32 Å². The molecule has 1 N–H and O–H groups in total. The zero-order chi connectivity index (χ0) is 30.9. The third-order valence-electron chi connectivity index (χ3n) is 6.54. The second-order valence-corrected chi connectivity index (χ2v) is 13.7. The summed E-state index contributed by atoms with van der Waals surface area (Å²) in [5.74, 6) is -0.335. The highest BCUT2D eigenvalue weighted by Gasteiger charge is 2.30. The summed E-state index contributed by atoms with van der Waals surface area (Å²) in [7, 11) is -3.64. The van der Waals surface area contributed by atoms with Gasteiger partial charge in [0.1, 0.15) is 6.04 Å². The van der Waals surface area contributed by atoms with Crippen LogP contribution in [0, 0.1) is 5.92 Å². The second-order valence-electron chi connectivity index (χ2n) is 10.5. The number of hydrogen-bond donors (Lipinski definition) is 1. The standard InChI is InChI=1S/C31H36Cl3N3O4S/c1-22(2)20-35-31(39)29(18-23-9-5-4-6-10-23)36(21-24-14-15-27(33)28(34)17-24)30(38)13-8-16-37(42(3,40)41)26-12-7-11-25(32)19-26/h4-7,9-12,14-15,17,19,22,29H,8,13,16,18,20-21H2,1-3H3,(H,35,39). The van der Waals surface area contributed by atoms with E-state index in [0.717, 1.165) is 11.8 Å². The molecule has 0 aromatic heterocycles. The molecule has 0 aliphatic heterocycles. The number of amides is 2. The minimum Gasteiger partial charge on any atom is -0.354 e. The molecule has 0 radical (unpaired) electrons. The van der Waals surface area contributed by atoms with Crippen LogP contribution in [0.15, 0.2) is 72.8 Å². The Kier molecular flexibility index (Phi) is 12.5. The number of benzene rings is 3. The van der Waals surface area contributed by atoms with E-state index in [9.17, 15) is 18.0 Å². The lowest BCUT2D eigenvalue weighted by Gasteiger charge is -2.32. The normalized spacial score (nSPS) is 12.2. The predicted molar refractivity (Wildman–Crippen MR) is 172 cm³/mol. The Labute approximate surface area is 263 Å². The van der Waals surface area contributed by atoms with Crippen LogP contribution in [0.5, 0.6) is 0 Å². The van der Waals surface area contributed by atoms with Crippen molar-refractivity contribution in [2.45, 2.75) is 45.7 Å². The van der Waals surface area contributed by atoms with Crippen molar-refractivity contribution in [1.82, 2.24) is 10.2 Å². The summed E-state index contributed by atoms with van der Waals surface area (Å²) in [6.07, 6.45) is 1.65. The van der Waals surface area contributed by atoms with Crippen LogP contribution in [0.4, 0.5) is 5.69 Å². The Morgan fingerprint density at radius 1 is 0.881 bits per heavy atom. The van der Waals surface area contributed by atoms with Gasteiger partial charge in [-0.1, -0.05) is 91.1 Å². The van der Waals surface area contributed by atoms with Crippen molar-refractivity contribution in [3.63, 3.8) is 0 Å². The molecule has 226 valence electrons. The van der Waals surface area contributed by atoms with Gasteiger partial charge >= 0.3 is 0 Å². The van der Waals surface area contributed by atoms with Gasteiger partial charge < -0.3 is 10.2 Å². The van der Waals surface area contributed by atoms with Gasteiger partial charge in [0.15, 0.2) is 0 Å². The lowest BCUT2D eigenvalue weighted by atomic mass is 10.0. The van der Waals surface area contributed by atoms with Crippen LogP contribution in [0.2, 0.25) is 15.1 Å². The van der Waals surface area contributed by atoms with E-state index in [0.29, 0.717) is 39.3 Å². The van der Waals surface area contributed by atoms with Crippen molar-refractivity contribution in [2.24, 2.45) is 5.92 Å². The summed E-state index contributed by atoms with van der Waals surface area (Å²) in [5, 5.41) is 4.12. The maximum Gasteiger partial charge on any atom is 0.243 e. The molecule has 3 rings (SSSR count). The molecule has 3 aromatic rings. The summed E-state index contributed by atoms with van der Waals surface area (Å²) in [4.78, 5) is 29.0. The SMILES string of the molecule is CC(C)CNC(=O)C(Cc1ccccc1)N(Cc1ccc(Cl)c(Cl)c1)C(=O)CCCN(c1cccc(Cl)c1)S(C)(=O)=O. The molecule has 11 heteroatoms. The van der Waals surface area contributed by atoms with Crippen LogP contribution < -0.4 is 9.62 Å². The van der Waals surface area contributed by atoms with Gasteiger partial charge in [-0.3, -0.25) is 13.9 Å². The highest BCUT2D eigenvalue weighted by atomic mass is 35.5. The molecule has 0 spiro atoms. The molecule has 0 aliphatic carbocycles. The van der Waals surface area contributed by atoms with E-state index in [1.165, 1.54) is 4.31 Å². The van der Waals surface area contributed by atoms with Gasteiger partial charge in [0.05, 0.1) is 22.0 Å². The van der Waals surface area contributed by atoms with Gasteiger partial charge in [-0.05, 0) is 53.8 Å². The summed E-state index contributed by atoms with van der Waals surface area (Å²) in [6.45, 7) is 4.64. The highest BCUT2D eigenvalue weighted by molar-refractivity contribution is 7.92. The molecular formula is C31H36Cl3N3O4S. The lowest BCUT2D eigenvalue weighted by molar-refractivity contribution is -0.141. The van der Waals surface area contributed by atoms with Crippen LogP contribution in [0.3, 0.4) is 0 Å². The molecule has 0 bridgehead atoms. The van der Waals surface area contributed by atoms with E-state index in [1.807, 2.05) is 44.2 Å². The van der Waals surface area contributed by atoms with Crippen LogP contribution >= 0.6 is 34.8 Å². The Balaban J connectivity index is 1.90. The molecule has 1 unspecified atom stereocenters.